The van der Waals surface area contributed by atoms with Crippen LogP contribution in [0.3, 0.4) is 0 Å². The van der Waals surface area contributed by atoms with E-state index in [1.807, 2.05) is 0 Å². The second-order valence-corrected chi connectivity index (χ2v) is 5.19. The Kier molecular flexibility index (Phi) is 5.07. The van der Waals surface area contributed by atoms with Crippen molar-refractivity contribution in [2.24, 2.45) is 5.41 Å². The van der Waals surface area contributed by atoms with Crippen LogP contribution in [0.5, 0.6) is 0 Å². The lowest BCUT2D eigenvalue weighted by atomic mass is 9.81. The molecular weight excluding hydrogens is 184 g/mol. The molecule has 0 radical (unpaired) electrons. The molecule has 2 heteroatoms. The topological polar surface area (TPSA) is 15.3 Å². The molecule has 0 atom stereocenters. The van der Waals surface area contributed by atoms with Crippen molar-refractivity contribution in [3.8, 4) is 0 Å². The summed E-state index contributed by atoms with van der Waals surface area (Å²) in [5, 5.41) is 3.70. The van der Waals surface area contributed by atoms with Crippen molar-refractivity contribution in [2.75, 3.05) is 26.7 Å². The zero-order chi connectivity index (χ0) is 11.3. The first kappa shape index (κ1) is 13.0. The van der Waals surface area contributed by atoms with E-state index in [1.165, 1.54) is 38.8 Å². The zero-order valence-electron chi connectivity index (χ0n) is 11.0. The van der Waals surface area contributed by atoms with Crippen molar-refractivity contribution >= 4 is 0 Å². The van der Waals surface area contributed by atoms with Crippen LogP contribution in [-0.4, -0.2) is 37.6 Å². The lowest BCUT2D eigenvalue weighted by Gasteiger charge is -2.36. The lowest BCUT2D eigenvalue weighted by Crippen LogP contribution is -2.43. The monoisotopic (exact) mass is 212 g/mol. The van der Waals surface area contributed by atoms with E-state index in [4.69, 9.17) is 0 Å². The molecule has 0 aromatic heterocycles. The highest BCUT2D eigenvalue weighted by Gasteiger charge is 2.30. The predicted octanol–water partition coefficient (Wildman–Crippen LogP) is 2.50. The smallest absolute Gasteiger partial charge is 0.00684 e. The van der Waals surface area contributed by atoms with Crippen LogP contribution < -0.4 is 5.32 Å². The molecule has 1 saturated carbocycles. The molecule has 15 heavy (non-hydrogen) atoms. The van der Waals surface area contributed by atoms with Gasteiger partial charge in [0.15, 0.2) is 0 Å². The fraction of sp³-hybridized carbons (Fsp3) is 1.00. The van der Waals surface area contributed by atoms with Crippen LogP contribution >= 0.6 is 0 Å². The molecule has 90 valence electrons. The molecule has 1 fully saturated rings. The van der Waals surface area contributed by atoms with Crippen molar-refractivity contribution in [2.45, 2.75) is 52.5 Å². The summed E-state index contributed by atoms with van der Waals surface area (Å²) in [5.41, 5.74) is 0.493. The maximum absolute atomic E-state index is 3.70. The third-order valence-electron chi connectivity index (χ3n) is 3.99. The molecule has 0 spiro atoms. The van der Waals surface area contributed by atoms with E-state index in [0.717, 1.165) is 12.6 Å². The molecule has 1 rings (SSSR count). The summed E-state index contributed by atoms with van der Waals surface area (Å²) in [7, 11) is 2.23. The molecule has 0 aliphatic heterocycles. The summed E-state index contributed by atoms with van der Waals surface area (Å²) >= 11 is 0. The normalized spacial score (nSPS) is 17.4. The van der Waals surface area contributed by atoms with Gasteiger partial charge in [0.1, 0.15) is 0 Å². The summed E-state index contributed by atoms with van der Waals surface area (Å²) in [4.78, 5) is 2.45. The Morgan fingerprint density at radius 1 is 1.20 bits per heavy atom. The van der Waals surface area contributed by atoms with Gasteiger partial charge in [-0.3, -0.25) is 0 Å². The maximum Gasteiger partial charge on any atom is 0.00684 e. The Morgan fingerprint density at radius 2 is 1.80 bits per heavy atom. The van der Waals surface area contributed by atoms with E-state index < -0.39 is 0 Å². The molecule has 0 saturated heterocycles. The van der Waals surface area contributed by atoms with Gasteiger partial charge in [0.2, 0.25) is 0 Å². The Bertz CT molecular complexity index is 171. The fourth-order valence-electron chi connectivity index (χ4n) is 2.11. The Balaban J connectivity index is 2.41. The minimum atomic E-state index is 0.493. The highest BCUT2D eigenvalue weighted by molar-refractivity contribution is 4.88. The number of hydrogen-bond acceptors (Lipinski definition) is 2. The number of nitrogens with zero attached hydrogens (tertiary/aromatic N) is 1. The van der Waals surface area contributed by atoms with E-state index in [2.05, 4.69) is 38.0 Å². The lowest BCUT2D eigenvalue weighted by molar-refractivity contribution is 0.159. The van der Waals surface area contributed by atoms with Gasteiger partial charge in [-0.1, -0.05) is 20.8 Å². The molecule has 0 aromatic rings. The average molecular weight is 212 g/mol. The zero-order valence-corrected chi connectivity index (χ0v) is 11.0. The van der Waals surface area contributed by atoms with Gasteiger partial charge in [-0.05, 0) is 44.7 Å². The van der Waals surface area contributed by atoms with Crippen molar-refractivity contribution in [1.82, 2.24) is 10.2 Å². The predicted molar refractivity (Wildman–Crippen MR) is 67.2 cm³/mol. The average Bonchev–Trinajstić information content (AvgIpc) is 3.08. The number of hydrogen-bond donors (Lipinski definition) is 1. The number of rotatable bonds is 8. The van der Waals surface area contributed by atoms with Gasteiger partial charge in [0.05, 0.1) is 0 Å². The van der Waals surface area contributed by atoms with Crippen LogP contribution in [0.1, 0.15) is 46.5 Å². The summed E-state index contributed by atoms with van der Waals surface area (Å²) in [6.07, 6.45) is 5.36. The van der Waals surface area contributed by atoms with Crippen molar-refractivity contribution in [3.05, 3.63) is 0 Å². The van der Waals surface area contributed by atoms with Crippen LogP contribution in [0.2, 0.25) is 0 Å². The summed E-state index contributed by atoms with van der Waals surface area (Å²) < 4.78 is 0. The van der Waals surface area contributed by atoms with Gasteiger partial charge in [-0.2, -0.15) is 0 Å². The van der Waals surface area contributed by atoms with Crippen LogP contribution in [0, 0.1) is 5.41 Å². The fourth-order valence-corrected chi connectivity index (χ4v) is 2.11. The molecule has 0 bridgehead atoms. The first-order valence-electron chi connectivity index (χ1n) is 6.57. The van der Waals surface area contributed by atoms with E-state index in [-0.39, 0.29) is 0 Å². The van der Waals surface area contributed by atoms with E-state index in [9.17, 15) is 0 Å². The third kappa shape index (κ3) is 4.12. The summed E-state index contributed by atoms with van der Waals surface area (Å²) in [6.45, 7) is 10.5. The molecular formula is C13H28N2. The first-order chi connectivity index (χ1) is 7.15. The van der Waals surface area contributed by atoms with E-state index >= 15 is 0 Å². The minimum Gasteiger partial charge on any atom is -0.313 e. The van der Waals surface area contributed by atoms with Gasteiger partial charge < -0.3 is 10.2 Å². The highest BCUT2D eigenvalue weighted by Crippen LogP contribution is 2.28. The standard InChI is InChI=1S/C13H28N2/c1-5-13(6-2,11-15(4)7-3)10-14-12-8-9-12/h12,14H,5-11H2,1-4H3. The third-order valence-corrected chi connectivity index (χ3v) is 3.99. The maximum atomic E-state index is 3.70. The summed E-state index contributed by atoms with van der Waals surface area (Å²) in [5.74, 6) is 0. The largest absolute Gasteiger partial charge is 0.313 e. The quantitative estimate of drug-likeness (QED) is 0.665. The second-order valence-electron chi connectivity index (χ2n) is 5.19. The van der Waals surface area contributed by atoms with Gasteiger partial charge in [-0.15, -0.1) is 0 Å². The molecule has 1 N–H and O–H groups in total. The van der Waals surface area contributed by atoms with Gasteiger partial charge in [0, 0.05) is 19.1 Å². The Hall–Kier alpha value is -0.0800. The van der Waals surface area contributed by atoms with Gasteiger partial charge >= 0.3 is 0 Å². The van der Waals surface area contributed by atoms with Gasteiger partial charge in [0.25, 0.3) is 0 Å². The second kappa shape index (κ2) is 5.86. The molecule has 0 unspecified atom stereocenters. The van der Waals surface area contributed by atoms with Crippen LogP contribution in [-0.2, 0) is 0 Å². The van der Waals surface area contributed by atoms with E-state index in [1.54, 1.807) is 0 Å². The number of nitrogens with one attached hydrogen (secondary N) is 1. The summed E-state index contributed by atoms with van der Waals surface area (Å²) in [6, 6.07) is 0.842. The first-order valence-corrected chi connectivity index (χ1v) is 6.57. The van der Waals surface area contributed by atoms with Crippen LogP contribution in [0.15, 0.2) is 0 Å². The molecule has 0 heterocycles. The SMILES string of the molecule is CCN(C)CC(CC)(CC)CNC1CC1. The van der Waals surface area contributed by atoms with Gasteiger partial charge in [-0.25, -0.2) is 0 Å². The van der Waals surface area contributed by atoms with Crippen LogP contribution in [0.25, 0.3) is 0 Å². The molecule has 0 aromatic carbocycles. The van der Waals surface area contributed by atoms with Crippen molar-refractivity contribution in [1.29, 1.82) is 0 Å². The van der Waals surface area contributed by atoms with Crippen molar-refractivity contribution in [3.63, 3.8) is 0 Å². The molecule has 0 amide bonds. The molecule has 1 aliphatic rings. The van der Waals surface area contributed by atoms with E-state index in [0.29, 0.717) is 5.41 Å². The highest BCUT2D eigenvalue weighted by atomic mass is 15.1. The molecule has 1 aliphatic carbocycles. The van der Waals surface area contributed by atoms with Crippen LogP contribution in [0.4, 0.5) is 0 Å². The Labute approximate surface area is 95.4 Å². The minimum absolute atomic E-state index is 0.493. The molecule has 2 nitrogen and oxygen atoms in total. The Morgan fingerprint density at radius 3 is 2.20 bits per heavy atom. The van der Waals surface area contributed by atoms with Crippen molar-refractivity contribution < 1.29 is 0 Å².